The zero-order chi connectivity index (χ0) is 5.86. The topological polar surface area (TPSA) is 3.24 Å². The van der Waals surface area contributed by atoms with Gasteiger partial charge < -0.3 is 17.5 Å². The average Bonchev–Trinajstić information content (AvgIpc) is 1.65. The smallest absolute Gasteiger partial charge is 0.786 e. The van der Waals surface area contributed by atoms with Crippen LogP contribution in [0.4, 0.5) is 0 Å². The fourth-order valence-electron chi connectivity index (χ4n) is 0.129. The van der Waals surface area contributed by atoms with Crippen molar-refractivity contribution in [1.82, 2.24) is 4.90 Å². The molecule has 0 heterocycles. The van der Waals surface area contributed by atoms with Crippen LogP contribution in [-0.4, -0.2) is 29.7 Å². The third kappa shape index (κ3) is 5.38. The molecule has 0 rings (SSSR count). The van der Waals surface area contributed by atoms with Gasteiger partial charge in [0.25, 0.3) is 0 Å². The van der Waals surface area contributed by atoms with Gasteiger partial charge in [0.05, 0.1) is 4.99 Å². The zero-order valence-electron chi connectivity index (χ0n) is 5.47. The second kappa shape index (κ2) is 6.36. The van der Waals surface area contributed by atoms with Gasteiger partial charge in [0.2, 0.25) is 0 Å². The molecular formula is C4H8NNaS2. The normalized spacial score (nSPS) is 7.38. The molecule has 0 aliphatic rings. The molecule has 0 bridgehead atoms. The molecule has 0 N–H and O–H groups in total. The standard InChI is InChI=1S/C4H9NS2.Na/c1-5(2)4(7)3-6;/h6H,3H2,1-2H3;/q;+1/p-1. The van der Waals surface area contributed by atoms with Crippen LogP contribution < -0.4 is 29.6 Å². The SMILES string of the molecule is CN(C)C(=S)C[S-].[Na+]. The minimum absolute atomic E-state index is 0. The Morgan fingerprint density at radius 2 is 2.00 bits per heavy atom. The molecule has 8 heavy (non-hydrogen) atoms. The van der Waals surface area contributed by atoms with E-state index < -0.39 is 0 Å². The third-order valence-corrected chi connectivity index (χ3v) is 1.59. The average molecular weight is 157 g/mol. The second-order valence-corrected chi connectivity index (χ2v) is 2.19. The van der Waals surface area contributed by atoms with Gasteiger partial charge in [-0.05, 0) is 0 Å². The molecule has 0 aliphatic carbocycles. The molecule has 0 atom stereocenters. The Morgan fingerprint density at radius 1 is 1.62 bits per heavy atom. The van der Waals surface area contributed by atoms with Crippen molar-refractivity contribution in [3.63, 3.8) is 0 Å². The van der Waals surface area contributed by atoms with E-state index in [1.165, 1.54) is 0 Å². The van der Waals surface area contributed by atoms with Crippen LogP contribution in [0.5, 0.6) is 0 Å². The zero-order valence-corrected chi connectivity index (χ0v) is 9.10. The van der Waals surface area contributed by atoms with Crippen molar-refractivity contribution in [2.24, 2.45) is 0 Å². The largest absolute Gasteiger partial charge is 1.00 e. The Labute approximate surface area is 83.5 Å². The van der Waals surface area contributed by atoms with Crippen LogP contribution in [0.2, 0.25) is 0 Å². The van der Waals surface area contributed by atoms with Gasteiger partial charge in [-0.2, -0.15) is 0 Å². The van der Waals surface area contributed by atoms with Gasteiger partial charge in [0.1, 0.15) is 0 Å². The molecule has 0 aliphatic heterocycles. The molecular weight excluding hydrogens is 149 g/mol. The summed E-state index contributed by atoms with van der Waals surface area (Å²) in [6.07, 6.45) is 0. The van der Waals surface area contributed by atoms with Crippen LogP contribution in [0.15, 0.2) is 0 Å². The first kappa shape index (κ1) is 12.0. The molecule has 0 saturated heterocycles. The number of hydrogen-bond donors (Lipinski definition) is 0. The maximum atomic E-state index is 4.80. The predicted molar refractivity (Wildman–Crippen MR) is 38.5 cm³/mol. The van der Waals surface area contributed by atoms with E-state index in [9.17, 15) is 0 Å². The van der Waals surface area contributed by atoms with Crippen molar-refractivity contribution in [1.29, 1.82) is 0 Å². The minimum atomic E-state index is 0. The van der Waals surface area contributed by atoms with Gasteiger partial charge in [0, 0.05) is 14.1 Å². The molecule has 1 nitrogen and oxygen atoms in total. The van der Waals surface area contributed by atoms with Gasteiger partial charge in [-0.15, -0.1) is 5.75 Å². The van der Waals surface area contributed by atoms with Crippen LogP contribution in [-0.2, 0) is 12.6 Å². The summed E-state index contributed by atoms with van der Waals surface area (Å²) >= 11 is 9.47. The van der Waals surface area contributed by atoms with Crippen LogP contribution in [0.3, 0.4) is 0 Å². The Hall–Kier alpha value is 1.24. The van der Waals surface area contributed by atoms with E-state index in [0.29, 0.717) is 5.75 Å². The molecule has 0 saturated carbocycles. The Bertz CT molecular complexity index is 74.4. The maximum Gasteiger partial charge on any atom is 1.00 e. The first-order valence-electron chi connectivity index (χ1n) is 1.96. The van der Waals surface area contributed by atoms with E-state index in [1.54, 1.807) is 0 Å². The maximum absolute atomic E-state index is 4.80. The van der Waals surface area contributed by atoms with E-state index in [0.717, 1.165) is 4.99 Å². The summed E-state index contributed by atoms with van der Waals surface area (Å²) in [5, 5.41) is 0. The van der Waals surface area contributed by atoms with Crippen LogP contribution in [0, 0.1) is 0 Å². The number of rotatable bonds is 1. The summed E-state index contributed by atoms with van der Waals surface area (Å²) in [7, 11) is 3.79. The van der Waals surface area contributed by atoms with Crippen LogP contribution >= 0.6 is 12.2 Å². The summed E-state index contributed by atoms with van der Waals surface area (Å²) in [6.45, 7) is 0. The van der Waals surface area contributed by atoms with E-state index in [1.807, 2.05) is 19.0 Å². The summed E-state index contributed by atoms with van der Waals surface area (Å²) in [5.41, 5.74) is 0. The Kier molecular flexibility index (Phi) is 9.52. The Balaban J connectivity index is 0. The molecule has 0 aromatic heterocycles. The van der Waals surface area contributed by atoms with Gasteiger partial charge >= 0.3 is 29.6 Å². The molecule has 0 unspecified atom stereocenters. The van der Waals surface area contributed by atoms with E-state index in [4.69, 9.17) is 12.2 Å². The molecule has 4 heteroatoms. The van der Waals surface area contributed by atoms with Crippen LogP contribution in [0.1, 0.15) is 0 Å². The summed E-state index contributed by atoms with van der Waals surface area (Å²) in [6, 6.07) is 0. The molecule has 0 radical (unpaired) electrons. The first-order chi connectivity index (χ1) is 3.18. The van der Waals surface area contributed by atoms with Crippen molar-refractivity contribution in [3.8, 4) is 0 Å². The molecule has 0 aromatic rings. The van der Waals surface area contributed by atoms with E-state index >= 15 is 0 Å². The monoisotopic (exact) mass is 157 g/mol. The number of thiocarbonyl (C=S) groups is 1. The third-order valence-electron chi connectivity index (χ3n) is 0.622. The van der Waals surface area contributed by atoms with Crippen molar-refractivity contribution in [3.05, 3.63) is 0 Å². The molecule has 0 amide bonds. The molecule has 0 spiro atoms. The summed E-state index contributed by atoms with van der Waals surface area (Å²) in [4.78, 5) is 2.68. The molecule has 0 fully saturated rings. The van der Waals surface area contributed by atoms with Crippen molar-refractivity contribution in [2.45, 2.75) is 0 Å². The van der Waals surface area contributed by atoms with Gasteiger partial charge in [-0.1, -0.05) is 12.2 Å². The number of hydrogen-bond acceptors (Lipinski definition) is 2. The van der Waals surface area contributed by atoms with Gasteiger partial charge in [-0.25, -0.2) is 0 Å². The van der Waals surface area contributed by atoms with Crippen molar-refractivity contribution >= 4 is 29.8 Å². The number of nitrogens with zero attached hydrogens (tertiary/aromatic N) is 1. The van der Waals surface area contributed by atoms with E-state index in [-0.39, 0.29) is 29.6 Å². The quantitative estimate of drug-likeness (QED) is 0.234. The van der Waals surface area contributed by atoms with Crippen molar-refractivity contribution < 1.29 is 29.6 Å². The van der Waals surface area contributed by atoms with E-state index in [2.05, 4.69) is 12.6 Å². The summed E-state index contributed by atoms with van der Waals surface area (Å²) < 4.78 is 0. The summed E-state index contributed by atoms with van der Waals surface area (Å²) in [5.74, 6) is 0.558. The first-order valence-corrected chi connectivity index (χ1v) is 2.95. The second-order valence-electron chi connectivity index (χ2n) is 1.43. The molecule has 0 aromatic carbocycles. The Morgan fingerprint density at radius 3 is 2.00 bits per heavy atom. The predicted octanol–water partition coefficient (Wildman–Crippen LogP) is -2.57. The van der Waals surface area contributed by atoms with Gasteiger partial charge in [0.15, 0.2) is 0 Å². The minimum Gasteiger partial charge on any atom is -0.786 e. The van der Waals surface area contributed by atoms with Gasteiger partial charge in [-0.3, -0.25) is 0 Å². The molecule has 42 valence electrons. The fraction of sp³-hybridized carbons (Fsp3) is 0.750. The fourth-order valence-corrected chi connectivity index (χ4v) is 0.387. The van der Waals surface area contributed by atoms with Crippen molar-refractivity contribution in [2.75, 3.05) is 19.8 Å². The van der Waals surface area contributed by atoms with Crippen LogP contribution in [0.25, 0.3) is 0 Å².